The highest BCUT2D eigenvalue weighted by Crippen LogP contribution is 2.36. The van der Waals surface area contributed by atoms with Gasteiger partial charge in [0, 0.05) is 18.0 Å². The van der Waals surface area contributed by atoms with E-state index in [4.69, 9.17) is 9.47 Å². The molecule has 0 fully saturated rings. The van der Waals surface area contributed by atoms with Crippen LogP contribution in [0.1, 0.15) is 46.3 Å². The van der Waals surface area contributed by atoms with E-state index >= 15 is 0 Å². The molecular formula is C25H33NO3. The highest BCUT2D eigenvalue weighted by molar-refractivity contribution is 6.00. The van der Waals surface area contributed by atoms with E-state index in [1.807, 2.05) is 12.1 Å². The van der Waals surface area contributed by atoms with Crippen LogP contribution in [0.2, 0.25) is 0 Å². The fourth-order valence-electron chi connectivity index (χ4n) is 4.11. The first-order valence-corrected chi connectivity index (χ1v) is 10.5. The maximum Gasteiger partial charge on any atom is 0.166 e. The van der Waals surface area contributed by atoms with Crippen molar-refractivity contribution in [2.75, 3.05) is 34.4 Å². The topological polar surface area (TPSA) is 38.8 Å². The van der Waals surface area contributed by atoms with E-state index in [9.17, 15) is 4.79 Å². The number of hydrogen-bond acceptors (Lipinski definition) is 4. The van der Waals surface area contributed by atoms with Gasteiger partial charge in [-0.15, -0.1) is 0 Å². The molecule has 1 atom stereocenters. The zero-order chi connectivity index (χ0) is 20.8. The van der Waals surface area contributed by atoms with Gasteiger partial charge in [-0.3, -0.25) is 4.79 Å². The molecule has 2 aromatic carbocycles. The lowest BCUT2D eigenvalue weighted by Gasteiger charge is -2.25. The number of benzene rings is 2. The van der Waals surface area contributed by atoms with Crippen LogP contribution >= 0.6 is 0 Å². The Morgan fingerprint density at radius 1 is 1.03 bits per heavy atom. The molecule has 29 heavy (non-hydrogen) atoms. The molecule has 1 aliphatic carbocycles. The molecule has 0 bridgehead atoms. The number of nitrogens with zero attached hydrogens (tertiary/aromatic N) is 1. The third-order valence-electron chi connectivity index (χ3n) is 6.00. The second kappa shape index (κ2) is 9.93. The van der Waals surface area contributed by atoms with E-state index in [0.717, 1.165) is 56.3 Å². The Labute approximate surface area is 174 Å². The first-order valence-electron chi connectivity index (χ1n) is 10.5. The standard InChI is InChI=1S/C25H33NO3/c1-18-7-9-19(10-8-18)13-15-26(2)14-5-6-20-11-12-21-16-23(28-3)24(29-4)17-22(21)25(20)27/h7-10,16-17,20H,5-6,11-15H2,1-4H3. The van der Waals surface area contributed by atoms with Crippen molar-refractivity contribution in [1.29, 1.82) is 0 Å². The SMILES string of the molecule is COc1cc2c(cc1OC)C(=O)C(CCCN(C)CCc1ccc(C)cc1)CC2. The number of fused-ring (bicyclic) bond motifs is 1. The molecule has 0 aliphatic heterocycles. The summed E-state index contributed by atoms with van der Waals surface area (Å²) in [5, 5.41) is 0. The van der Waals surface area contributed by atoms with Gasteiger partial charge in [0.25, 0.3) is 0 Å². The average Bonchev–Trinajstić information content (AvgIpc) is 2.74. The van der Waals surface area contributed by atoms with Crippen molar-refractivity contribution in [2.24, 2.45) is 5.92 Å². The molecule has 0 saturated carbocycles. The van der Waals surface area contributed by atoms with Gasteiger partial charge in [0.1, 0.15) is 0 Å². The van der Waals surface area contributed by atoms with E-state index in [2.05, 4.69) is 43.1 Å². The smallest absolute Gasteiger partial charge is 0.166 e. The number of likely N-dealkylation sites (N-methyl/N-ethyl adjacent to an activating group) is 1. The van der Waals surface area contributed by atoms with E-state index in [0.29, 0.717) is 11.5 Å². The molecular weight excluding hydrogens is 362 g/mol. The predicted octanol–water partition coefficient (Wildman–Crippen LogP) is 4.71. The second-order valence-electron chi connectivity index (χ2n) is 8.15. The average molecular weight is 396 g/mol. The summed E-state index contributed by atoms with van der Waals surface area (Å²) in [5.74, 6) is 1.71. The normalized spacial score (nSPS) is 16.0. The summed E-state index contributed by atoms with van der Waals surface area (Å²) in [6.45, 7) is 4.18. The van der Waals surface area contributed by atoms with Crippen molar-refractivity contribution in [3.05, 3.63) is 58.7 Å². The van der Waals surface area contributed by atoms with Crippen molar-refractivity contribution in [1.82, 2.24) is 4.90 Å². The molecule has 0 radical (unpaired) electrons. The third kappa shape index (κ3) is 5.39. The molecule has 0 aromatic heterocycles. The number of aryl methyl sites for hydroxylation is 2. The molecule has 4 heteroatoms. The third-order valence-corrected chi connectivity index (χ3v) is 6.00. The van der Waals surface area contributed by atoms with E-state index in [1.165, 1.54) is 11.1 Å². The summed E-state index contributed by atoms with van der Waals surface area (Å²) in [6.07, 6.45) is 4.91. The lowest BCUT2D eigenvalue weighted by Crippen LogP contribution is -2.26. The molecule has 4 nitrogen and oxygen atoms in total. The van der Waals surface area contributed by atoms with Gasteiger partial charge in [0.2, 0.25) is 0 Å². The van der Waals surface area contributed by atoms with Crippen LogP contribution in [-0.4, -0.2) is 45.0 Å². The predicted molar refractivity (Wildman–Crippen MR) is 117 cm³/mol. The summed E-state index contributed by atoms with van der Waals surface area (Å²) in [6, 6.07) is 12.6. The number of hydrogen-bond donors (Lipinski definition) is 0. The lowest BCUT2D eigenvalue weighted by molar-refractivity contribution is 0.0890. The van der Waals surface area contributed by atoms with Gasteiger partial charge in [-0.2, -0.15) is 0 Å². The second-order valence-corrected chi connectivity index (χ2v) is 8.15. The van der Waals surface area contributed by atoms with Crippen molar-refractivity contribution in [3.8, 4) is 11.5 Å². The fraction of sp³-hybridized carbons (Fsp3) is 0.480. The first-order chi connectivity index (χ1) is 14.0. The minimum Gasteiger partial charge on any atom is -0.493 e. The van der Waals surface area contributed by atoms with Crippen LogP contribution in [0.25, 0.3) is 0 Å². The summed E-state index contributed by atoms with van der Waals surface area (Å²) in [7, 11) is 5.41. The van der Waals surface area contributed by atoms with Gasteiger partial charge in [0.05, 0.1) is 14.2 Å². The number of ketones is 1. The Morgan fingerprint density at radius 3 is 2.41 bits per heavy atom. The Kier molecular flexibility index (Phi) is 7.32. The quantitative estimate of drug-likeness (QED) is 0.616. The first kappa shape index (κ1) is 21.4. The van der Waals surface area contributed by atoms with Crippen molar-refractivity contribution in [3.63, 3.8) is 0 Å². The minimum absolute atomic E-state index is 0.117. The molecule has 1 unspecified atom stereocenters. The van der Waals surface area contributed by atoms with Crippen LogP contribution in [0.5, 0.6) is 11.5 Å². The van der Waals surface area contributed by atoms with E-state index in [1.54, 1.807) is 14.2 Å². The van der Waals surface area contributed by atoms with Crippen LogP contribution in [-0.2, 0) is 12.8 Å². The van der Waals surface area contributed by atoms with Gasteiger partial charge in [0.15, 0.2) is 17.3 Å². The van der Waals surface area contributed by atoms with Crippen LogP contribution in [0, 0.1) is 12.8 Å². The summed E-state index contributed by atoms with van der Waals surface area (Å²) in [5.41, 5.74) is 4.58. The molecule has 156 valence electrons. The molecule has 0 N–H and O–H groups in total. The molecule has 0 saturated heterocycles. The van der Waals surface area contributed by atoms with Crippen molar-refractivity contribution < 1.29 is 14.3 Å². The highest BCUT2D eigenvalue weighted by Gasteiger charge is 2.28. The number of carbonyl (C=O) groups is 1. The van der Waals surface area contributed by atoms with Crippen LogP contribution in [0.4, 0.5) is 0 Å². The van der Waals surface area contributed by atoms with Gasteiger partial charge in [-0.05, 0) is 75.9 Å². The van der Waals surface area contributed by atoms with Crippen LogP contribution in [0.15, 0.2) is 36.4 Å². The van der Waals surface area contributed by atoms with Gasteiger partial charge in [-0.1, -0.05) is 29.8 Å². The Balaban J connectivity index is 1.49. The fourth-order valence-corrected chi connectivity index (χ4v) is 4.11. The molecule has 2 aromatic rings. The molecule has 0 heterocycles. The number of methoxy groups -OCH3 is 2. The molecule has 0 amide bonds. The summed E-state index contributed by atoms with van der Waals surface area (Å²) >= 11 is 0. The zero-order valence-electron chi connectivity index (χ0n) is 18.2. The van der Waals surface area contributed by atoms with Gasteiger partial charge < -0.3 is 14.4 Å². The number of carbonyl (C=O) groups excluding carboxylic acids is 1. The highest BCUT2D eigenvalue weighted by atomic mass is 16.5. The Morgan fingerprint density at radius 2 is 1.72 bits per heavy atom. The Hall–Kier alpha value is -2.33. The van der Waals surface area contributed by atoms with Crippen molar-refractivity contribution in [2.45, 2.75) is 39.0 Å². The maximum absolute atomic E-state index is 13.0. The number of Topliss-reactive ketones (excluding diaryl/α,β-unsaturated/α-hetero) is 1. The monoisotopic (exact) mass is 395 g/mol. The maximum atomic E-state index is 13.0. The zero-order valence-corrected chi connectivity index (χ0v) is 18.2. The number of rotatable bonds is 9. The lowest BCUT2D eigenvalue weighted by atomic mass is 9.80. The summed E-state index contributed by atoms with van der Waals surface area (Å²) < 4.78 is 10.8. The van der Waals surface area contributed by atoms with E-state index in [-0.39, 0.29) is 11.7 Å². The largest absolute Gasteiger partial charge is 0.493 e. The number of ether oxygens (including phenoxy) is 2. The van der Waals surface area contributed by atoms with Crippen molar-refractivity contribution >= 4 is 5.78 Å². The van der Waals surface area contributed by atoms with Crippen LogP contribution in [0.3, 0.4) is 0 Å². The van der Waals surface area contributed by atoms with E-state index < -0.39 is 0 Å². The van der Waals surface area contributed by atoms with Crippen LogP contribution < -0.4 is 9.47 Å². The molecule has 1 aliphatic rings. The van der Waals surface area contributed by atoms with Gasteiger partial charge >= 0.3 is 0 Å². The molecule has 3 rings (SSSR count). The minimum atomic E-state index is 0.117. The molecule has 0 spiro atoms. The Bertz CT molecular complexity index is 829. The van der Waals surface area contributed by atoms with Gasteiger partial charge in [-0.25, -0.2) is 0 Å². The summed E-state index contributed by atoms with van der Waals surface area (Å²) in [4.78, 5) is 15.4.